The van der Waals surface area contributed by atoms with Crippen molar-refractivity contribution in [3.8, 4) is 0 Å². The Hall–Kier alpha value is -2.31. The zero-order valence-corrected chi connectivity index (χ0v) is 19.5. The summed E-state index contributed by atoms with van der Waals surface area (Å²) in [6.07, 6.45) is 0. The standard InChI is InChI=1S/C23H26ClN3O2S/c1-14(2)27-22(29)19-9-8-18(24)11-20(19)25-23(27)30-13-21(28)26(5)12-17-7-6-15(3)10-16(17)4/h6-11,14H,12-13H2,1-5H3. The molecule has 3 rings (SSSR count). The molecule has 0 radical (unpaired) electrons. The van der Waals surface area contributed by atoms with Crippen LogP contribution in [0.2, 0.25) is 5.02 Å². The van der Waals surface area contributed by atoms with Gasteiger partial charge in [-0.3, -0.25) is 14.2 Å². The fourth-order valence-corrected chi connectivity index (χ4v) is 4.55. The number of nitrogens with zero attached hydrogens (tertiary/aromatic N) is 3. The van der Waals surface area contributed by atoms with E-state index in [-0.39, 0.29) is 23.3 Å². The molecule has 1 heterocycles. The first kappa shape index (κ1) is 22.4. The summed E-state index contributed by atoms with van der Waals surface area (Å²) in [5.74, 6) is 0.183. The van der Waals surface area contributed by atoms with Crippen LogP contribution in [0.15, 0.2) is 46.3 Å². The maximum atomic E-state index is 13.0. The molecule has 0 aliphatic heterocycles. The Bertz CT molecular complexity index is 1160. The first-order chi connectivity index (χ1) is 14.2. The van der Waals surface area contributed by atoms with Gasteiger partial charge in [-0.1, -0.05) is 47.1 Å². The Balaban J connectivity index is 1.81. The molecular formula is C23H26ClN3O2S. The molecule has 5 nitrogen and oxygen atoms in total. The molecule has 1 amide bonds. The Morgan fingerprint density at radius 1 is 1.20 bits per heavy atom. The summed E-state index contributed by atoms with van der Waals surface area (Å²) in [7, 11) is 1.80. The van der Waals surface area contributed by atoms with Crippen LogP contribution < -0.4 is 5.56 Å². The molecule has 0 aliphatic rings. The van der Waals surface area contributed by atoms with Gasteiger partial charge in [0.05, 0.1) is 16.7 Å². The van der Waals surface area contributed by atoms with Crippen molar-refractivity contribution in [1.29, 1.82) is 0 Å². The number of aryl methyl sites for hydroxylation is 2. The second-order valence-corrected chi connectivity index (χ2v) is 9.17. The maximum absolute atomic E-state index is 13.0. The molecule has 0 bridgehead atoms. The lowest BCUT2D eigenvalue weighted by molar-refractivity contribution is -0.127. The van der Waals surface area contributed by atoms with E-state index < -0.39 is 0 Å². The molecule has 0 saturated heterocycles. The summed E-state index contributed by atoms with van der Waals surface area (Å²) in [4.78, 5) is 32.0. The van der Waals surface area contributed by atoms with Crippen molar-refractivity contribution in [1.82, 2.24) is 14.5 Å². The summed E-state index contributed by atoms with van der Waals surface area (Å²) >= 11 is 7.36. The van der Waals surface area contributed by atoms with E-state index in [1.54, 1.807) is 34.7 Å². The normalized spacial score (nSPS) is 11.3. The highest BCUT2D eigenvalue weighted by atomic mass is 35.5. The highest BCUT2D eigenvalue weighted by molar-refractivity contribution is 7.99. The fourth-order valence-electron chi connectivity index (χ4n) is 3.31. The van der Waals surface area contributed by atoms with Gasteiger partial charge in [-0.05, 0) is 57.0 Å². The van der Waals surface area contributed by atoms with E-state index in [4.69, 9.17) is 11.6 Å². The van der Waals surface area contributed by atoms with Crippen molar-refractivity contribution in [3.05, 3.63) is 68.5 Å². The zero-order valence-electron chi connectivity index (χ0n) is 17.9. The average molecular weight is 444 g/mol. The van der Waals surface area contributed by atoms with Gasteiger partial charge < -0.3 is 4.90 Å². The van der Waals surface area contributed by atoms with Gasteiger partial charge in [-0.15, -0.1) is 0 Å². The Labute approximate surface area is 186 Å². The molecule has 7 heteroatoms. The van der Waals surface area contributed by atoms with Crippen molar-refractivity contribution in [2.75, 3.05) is 12.8 Å². The van der Waals surface area contributed by atoms with Crippen LogP contribution in [0.5, 0.6) is 0 Å². The highest BCUT2D eigenvalue weighted by Crippen LogP contribution is 2.23. The van der Waals surface area contributed by atoms with Crippen molar-refractivity contribution in [2.45, 2.75) is 45.4 Å². The second-order valence-electron chi connectivity index (χ2n) is 7.79. The number of fused-ring (bicyclic) bond motifs is 1. The van der Waals surface area contributed by atoms with Gasteiger partial charge in [-0.2, -0.15) is 0 Å². The SMILES string of the molecule is Cc1ccc(CN(C)C(=O)CSc2nc3cc(Cl)ccc3c(=O)n2C(C)C)c(C)c1. The third kappa shape index (κ3) is 4.87. The van der Waals surface area contributed by atoms with E-state index in [2.05, 4.69) is 37.0 Å². The van der Waals surface area contributed by atoms with Crippen LogP contribution in [0.4, 0.5) is 0 Å². The first-order valence-corrected chi connectivity index (χ1v) is 11.2. The van der Waals surface area contributed by atoms with Crippen LogP contribution >= 0.6 is 23.4 Å². The summed E-state index contributed by atoms with van der Waals surface area (Å²) in [5.41, 5.74) is 3.92. The van der Waals surface area contributed by atoms with Gasteiger partial charge >= 0.3 is 0 Å². The van der Waals surface area contributed by atoms with E-state index in [0.29, 0.717) is 27.6 Å². The molecule has 3 aromatic rings. The van der Waals surface area contributed by atoms with Crippen molar-refractivity contribution < 1.29 is 4.79 Å². The number of rotatable bonds is 6. The molecule has 1 aromatic heterocycles. The minimum absolute atomic E-state index is 0.0179. The van der Waals surface area contributed by atoms with E-state index in [1.165, 1.54) is 22.9 Å². The number of aromatic nitrogens is 2. The largest absolute Gasteiger partial charge is 0.341 e. The Morgan fingerprint density at radius 3 is 2.60 bits per heavy atom. The quantitative estimate of drug-likeness (QED) is 0.397. The molecule has 2 aromatic carbocycles. The second kappa shape index (κ2) is 9.23. The first-order valence-electron chi connectivity index (χ1n) is 9.82. The van der Waals surface area contributed by atoms with Crippen LogP contribution in [-0.2, 0) is 11.3 Å². The lowest BCUT2D eigenvalue weighted by atomic mass is 10.1. The van der Waals surface area contributed by atoms with Gasteiger partial charge in [0.25, 0.3) is 5.56 Å². The number of halogens is 1. The van der Waals surface area contributed by atoms with Crippen molar-refractivity contribution >= 4 is 40.2 Å². The minimum atomic E-state index is -0.120. The Morgan fingerprint density at radius 2 is 1.93 bits per heavy atom. The summed E-state index contributed by atoms with van der Waals surface area (Å²) in [6, 6.07) is 11.2. The highest BCUT2D eigenvalue weighted by Gasteiger charge is 2.17. The van der Waals surface area contributed by atoms with E-state index in [0.717, 1.165) is 5.56 Å². The van der Waals surface area contributed by atoms with Crippen LogP contribution in [0.25, 0.3) is 10.9 Å². The number of hydrogen-bond donors (Lipinski definition) is 0. The van der Waals surface area contributed by atoms with Crippen LogP contribution in [0.3, 0.4) is 0 Å². The molecule has 0 N–H and O–H groups in total. The lowest BCUT2D eigenvalue weighted by Crippen LogP contribution is -2.29. The number of amides is 1. The average Bonchev–Trinajstić information content (AvgIpc) is 2.67. The predicted molar refractivity (Wildman–Crippen MR) is 125 cm³/mol. The van der Waals surface area contributed by atoms with E-state index in [1.807, 2.05) is 13.8 Å². The topological polar surface area (TPSA) is 55.2 Å². The molecule has 0 spiro atoms. The smallest absolute Gasteiger partial charge is 0.262 e. The number of carbonyl (C=O) groups is 1. The maximum Gasteiger partial charge on any atom is 0.262 e. The van der Waals surface area contributed by atoms with Gasteiger partial charge in [0.2, 0.25) is 5.91 Å². The molecule has 158 valence electrons. The number of benzene rings is 2. The predicted octanol–water partition coefficient (Wildman–Crippen LogP) is 5.00. The third-order valence-corrected chi connectivity index (χ3v) is 6.18. The van der Waals surface area contributed by atoms with Crippen molar-refractivity contribution in [3.63, 3.8) is 0 Å². The molecule has 0 saturated carbocycles. The van der Waals surface area contributed by atoms with E-state index in [9.17, 15) is 9.59 Å². The van der Waals surface area contributed by atoms with Gasteiger partial charge in [0, 0.05) is 24.7 Å². The molecule has 30 heavy (non-hydrogen) atoms. The summed E-state index contributed by atoms with van der Waals surface area (Å²) in [6.45, 7) is 8.52. The summed E-state index contributed by atoms with van der Waals surface area (Å²) in [5, 5.41) is 1.57. The molecular weight excluding hydrogens is 418 g/mol. The van der Waals surface area contributed by atoms with Crippen LogP contribution in [0, 0.1) is 13.8 Å². The molecule has 0 atom stereocenters. The van der Waals surface area contributed by atoms with Gasteiger partial charge in [-0.25, -0.2) is 4.98 Å². The molecule has 0 aliphatic carbocycles. The van der Waals surface area contributed by atoms with Crippen LogP contribution in [-0.4, -0.2) is 33.2 Å². The number of thioether (sulfide) groups is 1. The molecule has 0 unspecified atom stereocenters. The third-order valence-electron chi connectivity index (χ3n) is 5.00. The number of carbonyl (C=O) groups excluding carboxylic acids is 1. The minimum Gasteiger partial charge on any atom is -0.341 e. The number of hydrogen-bond acceptors (Lipinski definition) is 4. The lowest BCUT2D eigenvalue weighted by Gasteiger charge is -2.20. The monoisotopic (exact) mass is 443 g/mol. The van der Waals surface area contributed by atoms with Gasteiger partial charge in [0.15, 0.2) is 5.16 Å². The molecule has 0 fully saturated rings. The van der Waals surface area contributed by atoms with E-state index >= 15 is 0 Å². The Kier molecular flexibility index (Phi) is 6.88. The summed E-state index contributed by atoms with van der Waals surface area (Å²) < 4.78 is 1.64. The fraction of sp³-hybridized carbons (Fsp3) is 0.348. The van der Waals surface area contributed by atoms with Crippen LogP contribution in [0.1, 0.15) is 36.6 Å². The zero-order chi connectivity index (χ0) is 22.0. The van der Waals surface area contributed by atoms with Gasteiger partial charge in [0.1, 0.15) is 0 Å². The van der Waals surface area contributed by atoms with Crippen molar-refractivity contribution in [2.24, 2.45) is 0 Å².